The lowest BCUT2D eigenvalue weighted by Gasteiger charge is -2.14. The van der Waals surface area contributed by atoms with Crippen LogP contribution in [0.4, 0.5) is 0 Å². The Hall–Kier alpha value is -1.22. The normalized spacial score (nSPS) is 15.2. The number of thiocarbonyl (C=S) groups is 1. The Morgan fingerprint density at radius 2 is 2.23 bits per heavy atom. The average Bonchev–Trinajstić information content (AvgIpc) is 2.06. The fraction of sp³-hybridized carbons (Fsp3) is 0.200. The molecule has 1 heterocycles. The molecule has 0 atom stereocenters. The van der Waals surface area contributed by atoms with Gasteiger partial charge in [0.25, 0.3) is 0 Å². The third-order valence-corrected chi connectivity index (χ3v) is 2.36. The molecule has 0 amide bonds. The Kier molecular flexibility index (Phi) is 1.88. The molecule has 66 valence electrons. The highest BCUT2D eigenvalue weighted by Gasteiger charge is 2.13. The minimum atomic E-state index is 0.551. The summed E-state index contributed by atoms with van der Waals surface area (Å²) in [5.41, 5.74) is 9.19. The number of aryl methyl sites for hydroxylation is 1. The van der Waals surface area contributed by atoms with E-state index < -0.39 is 0 Å². The molecule has 0 radical (unpaired) electrons. The minimum Gasteiger partial charge on any atom is -0.383 e. The van der Waals surface area contributed by atoms with Crippen molar-refractivity contribution in [2.45, 2.75) is 13.3 Å². The van der Waals surface area contributed by atoms with Crippen LogP contribution >= 0.6 is 12.2 Å². The fourth-order valence-corrected chi connectivity index (χ4v) is 1.73. The van der Waals surface area contributed by atoms with Gasteiger partial charge in [0, 0.05) is 12.0 Å². The van der Waals surface area contributed by atoms with E-state index in [1.165, 1.54) is 11.1 Å². The van der Waals surface area contributed by atoms with Crippen molar-refractivity contribution in [3.05, 3.63) is 34.9 Å². The lowest BCUT2D eigenvalue weighted by molar-refractivity contribution is 1.25. The third kappa shape index (κ3) is 1.47. The predicted octanol–water partition coefficient (Wildman–Crippen LogP) is 1.58. The largest absolute Gasteiger partial charge is 0.383 e. The molecule has 0 aromatic heterocycles. The number of rotatable bonds is 0. The van der Waals surface area contributed by atoms with Crippen molar-refractivity contribution in [3.63, 3.8) is 0 Å². The van der Waals surface area contributed by atoms with Crippen LogP contribution in [0.25, 0.3) is 0 Å². The van der Waals surface area contributed by atoms with Crippen molar-refractivity contribution in [2.75, 3.05) is 0 Å². The van der Waals surface area contributed by atoms with Crippen LogP contribution in [0, 0.1) is 6.92 Å². The summed E-state index contributed by atoms with van der Waals surface area (Å²) in [5, 5.41) is 0. The SMILES string of the molecule is Cc1ccc2c(c1)C(N)=NC(=S)C2. The van der Waals surface area contributed by atoms with E-state index in [2.05, 4.69) is 23.2 Å². The lowest BCUT2D eigenvalue weighted by Crippen LogP contribution is -2.22. The van der Waals surface area contributed by atoms with Crippen molar-refractivity contribution in [1.82, 2.24) is 0 Å². The Bertz CT molecular complexity index is 407. The van der Waals surface area contributed by atoms with Crippen LogP contribution in [0.2, 0.25) is 0 Å². The summed E-state index contributed by atoms with van der Waals surface area (Å²) in [7, 11) is 0. The summed E-state index contributed by atoms with van der Waals surface area (Å²) in [6, 6.07) is 6.19. The number of aliphatic imine (C=N–C) groups is 1. The summed E-state index contributed by atoms with van der Waals surface area (Å²) < 4.78 is 0. The molecule has 13 heavy (non-hydrogen) atoms. The number of hydrogen-bond acceptors (Lipinski definition) is 2. The van der Waals surface area contributed by atoms with E-state index >= 15 is 0 Å². The summed E-state index contributed by atoms with van der Waals surface area (Å²) in [4.78, 5) is 4.77. The van der Waals surface area contributed by atoms with Crippen LogP contribution in [-0.2, 0) is 6.42 Å². The smallest absolute Gasteiger partial charge is 0.132 e. The van der Waals surface area contributed by atoms with E-state index in [-0.39, 0.29) is 0 Å². The van der Waals surface area contributed by atoms with Crippen LogP contribution in [0.3, 0.4) is 0 Å². The number of hydrogen-bond donors (Lipinski definition) is 1. The van der Waals surface area contributed by atoms with E-state index in [0.717, 1.165) is 12.0 Å². The van der Waals surface area contributed by atoms with Gasteiger partial charge in [-0.15, -0.1) is 0 Å². The molecule has 2 N–H and O–H groups in total. The molecule has 2 nitrogen and oxygen atoms in total. The van der Waals surface area contributed by atoms with Gasteiger partial charge in [0.2, 0.25) is 0 Å². The highest BCUT2D eigenvalue weighted by molar-refractivity contribution is 7.80. The monoisotopic (exact) mass is 190 g/mol. The fourth-order valence-electron chi connectivity index (χ4n) is 1.48. The first-order chi connectivity index (χ1) is 6.16. The van der Waals surface area contributed by atoms with Gasteiger partial charge in [0.1, 0.15) is 10.8 Å². The number of nitrogens with two attached hydrogens (primary N) is 1. The predicted molar refractivity (Wildman–Crippen MR) is 58.2 cm³/mol. The van der Waals surface area contributed by atoms with Gasteiger partial charge >= 0.3 is 0 Å². The Labute approximate surface area is 82.5 Å². The molecule has 1 aromatic rings. The molecule has 0 saturated heterocycles. The van der Waals surface area contributed by atoms with Crippen LogP contribution < -0.4 is 5.73 Å². The second-order valence-corrected chi connectivity index (χ2v) is 3.70. The number of amidine groups is 1. The van der Waals surface area contributed by atoms with Crippen LogP contribution in [0.1, 0.15) is 16.7 Å². The maximum atomic E-state index is 5.77. The number of nitrogens with zero attached hydrogens (tertiary/aromatic N) is 1. The van der Waals surface area contributed by atoms with Crippen molar-refractivity contribution >= 4 is 23.0 Å². The second kappa shape index (κ2) is 2.92. The molecule has 0 spiro atoms. The van der Waals surface area contributed by atoms with Gasteiger partial charge in [-0.05, 0) is 18.6 Å². The molecular weight excluding hydrogens is 180 g/mol. The molecule has 3 heteroatoms. The van der Waals surface area contributed by atoms with Gasteiger partial charge in [0.05, 0.1) is 0 Å². The molecule has 0 bridgehead atoms. The molecule has 2 rings (SSSR count). The van der Waals surface area contributed by atoms with Gasteiger partial charge in [-0.1, -0.05) is 29.9 Å². The summed E-state index contributed by atoms with van der Waals surface area (Å²) in [5.74, 6) is 0.551. The Morgan fingerprint density at radius 3 is 3.00 bits per heavy atom. The molecule has 1 aromatic carbocycles. The van der Waals surface area contributed by atoms with E-state index in [1.54, 1.807) is 0 Å². The number of fused-ring (bicyclic) bond motifs is 1. The third-order valence-electron chi connectivity index (χ3n) is 2.13. The van der Waals surface area contributed by atoms with Gasteiger partial charge in [-0.2, -0.15) is 0 Å². The van der Waals surface area contributed by atoms with Gasteiger partial charge in [-0.3, -0.25) is 0 Å². The van der Waals surface area contributed by atoms with Crippen molar-refractivity contribution < 1.29 is 0 Å². The number of benzene rings is 1. The molecule has 1 aliphatic rings. The van der Waals surface area contributed by atoms with Gasteiger partial charge in [0.15, 0.2) is 0 Å². The molecule has 0 saturated carbocycles. The van der Waals surface area contributed by atoms with Crippen LogP contribution in [0.5, 0.6) is 0 Å². The van der Waals surface area contributed by atoms with Crippen molar-refractivity contribution in [2.24, 2.45) is 10.7 Å². The summed E-state index contributed by atoms with van der Waals surface area (Å²) in [6.07, 6.45) is 0.742. The zero-order valence-corrected chi connectivity index (χ0v) is 8.19. The molecule has 0 fully saturated rings. The standard InChI is InChI=1S/C10H10N2S/c1-6-2-3-7-5-9(13)12-10(11)8(7)4-6/h2-4H,5H2,1H3,(H2,11,12,13). The molecule has 0 unspecified atom stereocenters. The van der Waals surface area contributed by atoms with Crippen LogP contribution in [0.15, 0.2) is 23.2 Å². The van der Waals surface area contributed by atoms with E-state index in [0.29, 0.717) is 10.8 Å². The Balaban J connectivity index is 2.60. The molecular formula is C10H10N2S. The second-order valence-electron chi connectivity index (χ2n) is 3.23. The van der Waals surface area contributed by atoms with E-state index in [9.17, 15) is 0 Å². The Morgan fingerprint density at radius 1 is 1.46 bits per heavy atom. The topological polar surface area (TPSA) is 38.4 Å². The molecule has 1 aliphatic heterocycles. The van der Waals surface area contributed by atoms with E-state index in [1.807, 2.05) is 6.92 Å². The maximum absolute atomic E-state index is 5.77. The van der Waals surface area contributed by atoms with Gasteiger partial charge < -0.3 is 5.73 Å². The van der Waals surface area contributed by atoms with Gasteiger partial charge in [-0.25, -0.2) is 4.99 Å². The first-order valence-electron chi connectivity index (χ1n) is 4.14. The zero-order chi connectivity index (χ0) is 9.42. The quantitative estimate of drug-likeness (QED) is 0.631. The lowest BCUT2D eigenvalue weighted by atomic mass is 9.99. The highest BCUT2D eigenvalue weighted by atomic mass is 32.1. The van der Waals surface area contributed by atoms with Crippen molar-refractivity contribution in [3.8, 4) is 0 Å². The molecule has 0 aliphatic carbocycles. The van der Waals surface area contributed by atoms with E-state index in [4.69, 9.17) is 18.0 Å². The zero-order valence-electron chi connectivity index (χ0n) is 7.37. The maximum Gasteiger partial charge on any atom is 0.132 e. The minimum absolute atomic E-state index is 0.551. The summed E-state index contributed by atoms with van der Waals surface area (Å²) in [6.45, 7) is 2.04. The first-order valence-corrected chi connectivity index (χ1v) is 4.54. The first kappa shape index (κ1) is 8.38. The highest BCUT2D eigenvalue weighted by Crippen LogP contribution is 2.17. The van der Waals surface area contributed by atoms with Crippen LogP contribution in [-0.4, -0.2) is 10.8 Å². The van der Waals surface area contributed by atoms with Crippen molar-refractivity contribution in [1.29, 1.82) is 0 Å². The average molecular weight is 190 g/mol. The summed E-state index contributed by atoms with van der Waals surface area (Å²) >= 11 is 5.02.